The topological polar surface area (TPSA) is 249 Å². The van der Waals surface area contributed by atoms with Crippen molar-refractivity contribution in [3.8, 4) is 0 Å². The van der Waals surface area contributed by atoms with E-state index in [0.29, 0.717) is 39.3 Å². The highest BCUT2D eigenvalue weighted by molar-refractivity contribution is 4.92. The molecule has 16 heteroatoms. The molecule has 0 aliphatic carbocycles. The molecule has 0 spiro atoms. The molecule has 0 aromatic rings. The van der Waals surface area contributed by atoms with Crippen molar-refractivity contribution in [2.45, 2.75) is 113 Å². The van der Waals surface area contributed by atoms with E-state index in [0.717, 1.165) is 0 Å². The van der Waals surface area contributed by atoms with Gasteiger partial charge in [-0.25, -0.2) is 0 Å². The lowest BCUT2D eigenvalue weighted by Crippen LogP contribution is -2.62. The number of nitrogens with zero attached hydrogens (tertiary/aromatic N) is 1. The van der Waals surface area contributed by atoms with Gasteiger partial charge in [0.2, 0.25) is 0 Å². The molecular formula is C24H48N4O12. The molecule has 3 rings (SSSR count). The second-order valence-corrected chi connectivity index (χ2v) is 10.9. The molecule has 0 amide bonds. The predicted octanol–water partition coefficient (Wildman–Crippen LogP) is -6.46. The normalized spacial score (nSPS) is 46.6. The molecule has 12 N–H and O–H groups in total. The number of rotatable bonds is 12. The zero-order valence-electron chi connectivity index (χ0n) is 23.1. The summed E-state index contributed by atoms with van der Waals surface area (Å²) in [5, 5.41) is 99.7. The summed E-state index contributed by atoms with van der Waals surface area (Å²) in [6.45, 7) is 7.05. The summed E-state index contributed by atoms with van der Waals surface area (Å²) in [5.74, 6) is 0. The van der Waals surface area contributed by atoms with Gasteiger partial charge in [0, 0.05) is 39.3 Å². The number of ether oxygens (including phenoxy) is 3. The van der Waals surface area contributed by atoms with Crippen molar-refractivity contribution in [3.05, 3.63) is 0 Å². The van der Waals surface area contributed by atoms with Gasteiger partial charge in [-0.2, -0.15) is 0 Å². The van der Waals surface area contributed by atoms with Crippen LogP contribution in [-0.4, -0.2) is 182 Å². The van der Waals surface area contributed by atoms with Crippen molar-refractivity contribution in [2.75, 3.05) is 39.3 Å². The number of aliphatic hydroxyl groups excluding tert-OH is 9. The molecule has 3 heterocycles. The second-order valence-electron chi connectivity index (χ2n) is 10.9. The minimum absolute atomic E-state index is 0.326. The molecule has 3 aliphatic rings. The third-order valence-electron chi connectivity index (χ3n) is 7.88. The summed E-state index contributed by atoms with van der Waals surface area (Å²) in [5.41, 5.74) is 0. The lowest BCUT2D eigenvalue weighted by Gasteiger charge is -2.40. The highest BCUT2D eigenvalue weighted by Gasteiger charge is 2.43. The van der Waals surface area contributed by atoms with Crippen LogP contribution < -0.4 is 16.0 Å². The average molecular weight is 585 g/mol. The van der Waals surface area contributed by atoms with Crippen molar-refractivity contribution in [1.29, 1.82) is 0 Å². The molecule has 0 aromatic heterocycles. The molecule has 0 bridgehead atoms. The highest BCUT2D eigenvalue weighted by Crippen LogP contribution is 2.21. The molecule has 0 unspecified atom stereocenters. The summed E-state index contributed by atoms with van der Waals surface area (Å²) in [6, 6.07) is 0. The summed E-state index contributed by atoms with van der Waals surface area (Å²) in [4.78, 5) is 1.99. The minimum atomic E-state index is -1.36. The monoisotopic (exact) mass is 584 g/mol. The van der Waals surface area contributed by atoms with E-state index in [1.54, 1.807) is 20.8 Å². The largest absolute Gasteiger partial charge is 0.388 e. The first-order valence-electron chi connectivity index (χ1n) is 13.8. The van der Waals surface area contributed by atoms with E-state index >= 15 is 0 Å². The lowest BCUT2D eigenvalue weighted by molar-refractivity contribution is -0.225. The number of hydrogen-bond acceptors (Lipinski definition) is 16. The molecule has 236 valence electrons. The molecule has 3 aliphatic heterocycles. The van der Waals surface area contributed by atoms with Crippen LogP contribution in [0.4, 0.5) is 0 Å². The second kappa shape index (κ2) is 15.2. The Labute approximate surface area is 233 Å². The molecule has 0 aromatic carbocycles. The van der Waals surface area contributed by atoms with E-state index in [4.69, 9.17) is 14.2 Å². The Kier molecular flexibility index (Phi) is 12.9. The van der Waals surface area contributed by atoms with Gasteiger partial charge in [0.05, 0.1) is 18.3 Å². The predicted molar refractivity (Wildman–Crippen MR) is 138 cm³/mol. The Morgan fingerprint density at radius 3 is 0.925 bits per heavy atom. The highest BCUT2D eigenvalue weighted by atomic mass is 16.6. The minimum Gasteiger partial charge on any atom is -0.388 e. The Morgan fingerprint density at radius 1 is 0.425 bits per heavy atom. The molecule has 0 saturated carbocycles. The maximum Gasteiger partial charge on any atom is 0.137 e. The third kappa shape index (κ3) is 8.25. The Morgan fingerprint density at radius 2 is 0.675 bits per heavy atom. The number of nitrogens with one attached hydrogen (secondary N) is 3. The van der Waals surface area contributed by atoms with Crippen LogP contribution in [0.2, 0.25) is 0 Å². The quantitative estimate of drug-likeness (QED) is 0.102. The molecule has 3 saturated heterocycles. The smallest absolute Gasteiger partial charge is 0.137 e. The van der Waals surface area contributed by atoms with Crippen LogP contribution in [0.1, 0.15) is 20.8 Å². The van der Waals surface area contributed by atoms with Crippen molar-refractivity contribution in [3.63, 3.8) is 0 Å². The molecule has 0 radical (unpaired) electrons. The van der Waals surface area contributed by atoms with Gasteiger partial charge in [-0.05, 0) is 20.8 Å². The lowest BCUT2D eigenvalue weighted by atomic mass is 9.99. The zero-order valence-corrected chi connectivity index (χ0v) is 23.1. The van der Waals surface area contributed by atoms with E-state index in [1.165, 1.54) is 0 Å². The standard InChI is InChI=1S/C24H48N4O12/c1-10-13(29)16(32)19(35)22(38-10)25-4-7-28(8-5-26-23-20(36)17(33)14(30)11(2)39-23)9-6-27-24-21(37)18(34)15(31)12(3)40-24/h10-27,29-37H,4-9H2,1-3H3/t10-,11-,12-,13-,14-,15-,16+,17+,18+,19+,20+,21+,22+,23+,24+/m0/s1. The first-order chi connectivity index (χ1) is 18.8. The Bertz CT molecular complexity index is 666. The Hall–Kier alpha value is -0.640. The first-order valence-corrected chi connectivity index (χ1v) is 13.8. The summed E-state index contributed by atoms with van der Waals surface area (Å²) < 4.78 is 16.7. The fourth-order valence-corrected chi connectivity index (χ4v) is 5.09. The van der Waals surface area contributed by atoms with Crippen LogP contribution in [0.25, 0.3) is 0 Å². The maximum absolute atomic E-state index is 10.3. The molecule has 16 nitrogen and oxygen atoms in total. The van der Waals surface area contributed by atoms with Crippen LogP contribution in [0, 0.1) is 0 Å². The number of hydrogen-bond donors (Lipinski definition) is 12. The molecular weight excluding hydrogens is 536 g/mol. The van der Waals surface area contributed by atoms with Gasteiger partial charge in [-0.1, -0.05) is 0 Å². The van der Waals surface area contributed by atoms with E-state index in [-0.39, 0.29) is 0 Å². The van der Waals surface area contributed by atoms with E-state index in [2.05, 4.69) is 16.0 Å². The fraction of sp³-hybridized carbons (Fsp3) is 1.00. The van der Waals surface area contributed by atoms with E-state index < -0.39 is 91.9 Å². The van der Waals surface area contributed by atoms with E-state index in [1.807, 2.05) is 4.90 Å². The van der Waals surface area contributed by atoms with Gasteiger partial charge in [0.1, 0.15) is 73.6 Å². The van der Waals surface area contributed by atoms with E-state index in [9.17, 15) is 46.0 Å². The Balaban J connectivity index is 1.52. The van der Waals surface area contributed by atoms with Gasteiger partial charge >= 0.3 is 0 Å². The zero-order chi connectivity index (χ0) is 29.7. The van der Waals surface area contributed by atoms with Gasteiger partial charge < -0.3 is 60.2 Å². The maximum atomic E-state index is 10.3. The summed E-state index contributed by atoms with van der Waals surface area (Å²) in [6.07, 6.45) is -16.4. The van der Waals surface area contributed by atoms with Gasteiger partial charge in [0.15, 0.2) is 0 Å². The van der Waals surface area contributed by atoms with Gasteiger partial charge in [-0.3, -0.25) is 20.9 Å². The molecule has 40 heavy (non-hydrogen) atoms. The fourth-order valence-electron chi connectivity index (χ4n) is 5.09. The van der Waals surface area contributed by atoms with Crippen molar-refractivity contribution >= 4 is 0 Å². The number of aliphatic hydroxyl groups is 9. The summed E-state index contributed by atoms with van der Waals surface area (Å²) >= 11 is 0. The third-order valence-corrected chi connectivity index (χ3v) is 7.88. The van der Waals surface area contributed by atoms with Crippen molar-refractivity contribution < 1.29 is 60.2 Å². The SMILES string of the molecule is C[C@@H]1O[C@@H](NCCN(CCN[C@@H]2O[C@@H](C)[C@H](O)[C@@H](O)[C@H]2O)CCN[C@@H]2O[C@@H](C)[C@H](O)[C@@H](O)[C@H]2O)[C@H](O)[C@H](O)[C@H]1O. The van der Waals surface area contributed by atoms with Gasteiger partial charge in [-0.15, -0.1) is 0 Å². The van der Waals surface area contributed by atoms with Crippen LogP contribution in [0.5, 0.6) is 0 Å². The first kappa shape index (κ1) is 33.9. The summed E-state index contributed by atoms with van der Waals surface area (Å²) in [7, 11) is 0. The van der Waals surface area contributed by atoms with Crippen LogP contribution in [0.15, 0.2) is 0 Å². The van der Waals surface area contributed by atoms with Crippen LogP contribution in [-0.2, 0) is 14.2 Å². The van der Waals surface area contributed by atoms with Crippen molar-refractivity contribution in [2.24, 2.45) is 0 Å². The molecule has 3 fully saturated rings. The van der Waals surface area contributed by atoms with Crippen LogP contribution >= 0.6 is 0 Å². The van der Waals surface area contributed by atoms with Crippen molar-refractivity contribution in [1.82, 2.24) is 20.9 Å². The van der Waals surface area contributed by atoms with Crippen LogP contribution in [0.3, 0.4) is 0 Å². The molecule has 15 atom stereocenters. The van der Waals surface area contributed by atoms with Gasteiger partial charge in [0.25, 0.3) is 0 Å². The average Bonchev–Trinajstić information content (AvgIpc) is 2.93.